The molecule has 0 radical (unpaired) electrons. The molecule has 0 amide bonds. The van der Waals surface area contributed by atoms with Gasteiger partial charge in [-0.2, -0.15) is 0 Å². The molecule has 0 aliphatic heterocycles. The molecule has 33 heavy (non-hydrogen) atoms. The molecule has 0 aliphatic carbocycles. The molecule has 0 saturated carbocycles. The van der Waals surface area contributed by atoms with Crippen molar-refractivity contribution in [3.05, 3.63) is 118 Å². The summed E-state index contributed by atoms with van der Waals surface area (Å²) in [6, 6.07) is 24.8. The molecule has 0 spiro atoms. The fourth-order valence-corrected chi connectivity index (χ4v) is 4.01. The number of allylic oxidation sites excluding steroid dienone is 2. The second kappa shape index (κ2) is 11.4. The van der Waals surface area contributed by atoms with Gasteiger partial charge in [0.25, 0.3) is 0 Å². The molecule has 0 aliphatic rings. The summed E-state index contributed by atoms with van der Waals surface area (Å²) in [5, 5.41) is 10.0. The zero-order chi connectivity index (χ0) is 23.7. The van der Waals surface area contributed by atoms with Crippen molar-refractivity contribution in [1.82, 2.24) is 0 Å². The van der Waals surface area contributed by atoms with Crippen molar-refractivity contribution in [1.29, 1.82) is 0 Å². The summed E-state index contributed by atoms with van der Waals surface area (Å²) < 4.78 is 0. The van der Waals surface area contributed by atoms with Crippen molar-refractivity contribution in [2.24, 2.45) is 0 Å². The second-order valence-electron chi connectivity index (χ2n) is 8.11. The molecule has 3 aromatic carbocycles. The smallest absolute Gasteiger partial charge is 0.303 e. The number of aliphatic carboxylic acids is 1. The number of ketones is 1. The summed E-state index contributed by atoms with van der Waals surface area (Å²) in [4.78, 5) is 25.2. The lowest BCUT2D eigenvalue weighted by Crippen LogP contribution is -2.35. The van der Waals surface area contributed by atoms with E-state index in [9.17, 15) is 14.7 Å². The average molecular weight is 459 g/mol. The summed E-state index contributed by atoms with van der Waals surface area (Å²) in [5.74, 6) is -1.05. The maximum atomic E-state index is 13.7. The number of carboxylic acid groups (broad SMARTS) is 1. The van der Waals surface area contributed by atoms with Gasteiger partial charge in [0.05, 0.1) is 5.41 Å². The fourth-order valence-electron chi connectivity index (χ4n) is 3.88. The van der Waals surface area contributed by atoms with Crippen molar-refractivity contribution >= 4 is 35.5 Å². The van der Waals surface area contributed by atoms with Gasteiger partial charge in [0.2, 0.25) is 0 Å². The Morgan fingerprint density at radius 2 is 1.64 bits per heavy atom. The van der Waals surface area contributed by atoms with Gasteiger partial charge in [-0.25, -0.2) is 0 Å². The third kappa shape index (κ3) is 6.77. The van der Waals surface area contributed by atoms with Crippen LogP contribution in [0.15, 0.2) is 91.0 Å². The average Bonchev–Trinajstić information content (AvgIpc) is 2.81. The minimum atomic E-state index is -0.983. The van der Waals surface area contributed by atoms with E-state index >= 15 is 0 Å². The van der Waals surface area contributed by atoms with Gasteiger partial charge in [-0.3, -0.25) is 9.59 Å². The summed E-state index contributed by atoms with van der Waals surface area (Å²) in [6.07, 6.45) is 7.75. The number of carbonyl (C=O) groups is 2. The van der Waals surface area contributed by atoms with Gasteiger partial charge in [-0.1, -0.05) is 102 Å². The van der Waals surface area contributed by atoms with Gasteiger partial charge in [-0.15, -0.1) is 0 Å². The minimum Gasteiger partial charge on any atom is -0.481 e. The Morgan fingerprint density at radius 1 is 0.909 bits per heavy atom. The monoisotopic (exact) mass is 458 g/mol. The quantitative estimate of drug-likeness (QED) is 0.328. The van der Waals surface area contributed by atoms with Crippen LogP contribution in [0.1, 0.15) is 41.5 Å². The molecular weight excluding hydrogens is 432 g/mol. The number of hydrogen-bond donors (Lipinski definition) is 1. The maximum Gasteiger partial charge on any atom is 0.303 e. The van der Waals surface area contributed by atoms with Crippen molar-refractivity contribution in [3.8, 4) is 0 Å². The molecule has 3 rings (SSSR count). The lowest BCUT2D eigenvalue weighted by molar-refractivity contribution is -0.137. The molecule has 3 nitrogen and oxygen atoms in total. The molecular formula is C29H27ClO3. The standard InChI is InChI=1S/C29H27ClO3/c1-22-7-5-8-24(21-22)9-6-19-29(20-18-28(32)33,25-10-3-2-4-11-25)27(31)17-14-23-12-15-26(30)16-13-23/h2-17,21H,18-20H2,1H3,(H,32,33)/b9-6+,17-14+. The van der Waals surface area contributed by atoms with Crippen LogP contribution < -0.4 is 0 Å². The third-order valence-electron chi connectivity index (χ3n) is 5.68. The minimum absolute atomic E-state index is 0.103. The first-order chi connectivity index (χ1) is 15.9. The first-order valence-corrected chi connectivity index (χ1v) is 11.3. The predicted octanol–water partition coefficient (Wildman–Crippen LogP) is 7.14. The van der Waals surface area contributed by atoms with Gasteiger partial charge in [-0.05, 0) is 54.7 Å². The highest BCUT2D eigenvalue weighted by molar-refractivity contribution is 6.30. The van der Waals surface area contributed by atoms with Crippen LogP contribution in [0.5, 0.6) is 0 Å². The van der Waals surface area contributed by atoms with E-state index in [1.54, 1.807) is 24.3 Å². The molecule has 168 valence electrons. The summed E-state index contributed by atoms with van der Waals surface area (Å²) in [5.41, 5.74) is 2.87. The van der Waals surface area contributed by atoms with E-state index < -0.39 is 11.4 Å². The van der Waals surface area contributed by atoms with Crippen molar-refractivity contribution < 1.29 is 14.7 Å². The van der Waals surface area contributed by atoms with Crippen LogP contribution in [0, 0.1) is 6.92 Å². The number of carbonyl (C=O) groups excluding carboxylic acids is 1. The molecule has 0 fully saturated rings. The molecule has 1 N–H and O–H groups in total. The Hall–Kier alpha value is -3.43. The number of aryl methyl sites for hydroxylation is 1. The van der Waals surface area contributed by atoms with E-state index in [1.165, 1.54) is 0 Å². The van der Waals surface area contributed by atoms with Crippen LogP contribution in [-0.4, -0.2) is 16.9 Å². The van der Waals surface area contributed by atoms with Crippen molar-refractivity contribution in [3.63, 3.8) is 0 Å². The Bertz CT molecular complexity index is 1150. The number of halogens is 1. The Kier molecular flexibility index (Phi) is 8.39. The highest BCUT2D eigenvalue weighted by Crippen LogP contribution is 2.36. The molecule has 0 heterocycles. The summed E-state index contributed by atoms with van der Waals surface area (Å²) in [7, 11) is 0. The van der Waals surface area contributed by atoms with Crippen LogP contribution in [-0.2, 0) is 15.0 Å². The number of benzene rings is 3. The first-order valence-electron chi connectivity index (χ1n) is 10.9. The van der Waals surface area contributed by atoms with Gasteiger partial charge < -0.3 is 5.11 Å². The van der Waals surface area contributed by atoms with E-state index in [2.05, 4.69) is 6.07 Å². The largest absolute Gasteiger partial charge is 0.481 e. The molecule has 1 unspecified atom stereocenters. The summed E-state index contributed by atoms with van der Waals surface area (Å²) in [6.45, 7) is 2.03. The zero-order valence-electron chi connectivity index (χ0n) is 18.6. The van der Waals surface area contributed by atoms with Crippen LogP contribution in [0.25, 0.3) is 12.2 Å². The maximum absolute atomic E-state index is 13.7. The van der Waals surface area contributed by atoms with E-state index in [-0.39, 0.29) is 18.6 Å². The highest BCUT2D eigenvalue weighted by Gasteiger charge is 2.37. The predicted molar refractivity (Wildman–Crippen MR) is 135 cm³/mol. The van der Waals surface area contributed by atoms with Gasteiger partial charge in [0, 0.05) is 11.4 Å². The Balaban J connectivity index is 1.98. The van der Waals surface area contributed by atoms with Crippen molar-refractivity contribution in [2.45, 2.75) is 31.6 Å². The van der Waals surface area contributed by atoms with Gasteiger partial charge >= 0.3 is 5.97 Å². The molecule has 1 atom stereocenters. The van der Waals surface area contributed by atoms with Crippen molar-refractivity contribution in [2.75, 3.05) is 0 Å². The van der Waals surface area contributed by atoms with Crippen LogP contribution in [0.3, 0.4) is 0 Å². The molecule has 0 bridgehead atoms. The zero-order valence-corrected chi connectivity index (χ0v) is 19.3. The lowest BCUT2D eigenvalue weighted by atomic mass is 9.70. The molecule has 3 aromatic rings. The highest BCUT2D eigenvalue weighted by atomic mass is 35.5. The SMILES string of the molecule is Cc1cccc(/C=C/CC(CCC(=O)O)(C(=O)/C=C/c2ccc(Cl)cc2)c2ccccc2)c1. The van der Waals surface area contributed by atoms with Gasteiger partial charge in [0.1, 0.15) is 0 Å². The van der Waals surface area contributed by atoms with Gasteiger partial charge in [0.15, 0.2) is 5.78 Å². The molecule has 4 heteroatoms. The number of hydrogen-bond acceptors (Lipinski definition) is 2. The van der Waals surface area contributed by atoms with E-state index in [0.717, 1.165) is 22.3 Å². The third-order valence-corrected chi connectivity index (χ3v) is 5.93. The fraction of sp³-hybridized carbons (Fsp3) is 0.172. The first kappa shape index (κ1) is 24.2. The second-order valence-corrected chi connectivity index (χ2v) is 8.55. The Labute approximate surface area is 200 Å². The van der Waals surface area contributed by atoms with Crippen LogP contribution in [0.4, 0.5) is 0 Å². The van der Waals surface area contributed by atoms with Crippen LogP contribution in [0.2, 0.25) is 5.02 Å². The number of rotatable bonds is 10. The summed E-state index contributed by atoms with van der Waals surface area (Å²) >= 11 is 5.96. The Morgan fingerprint density at radius 3 is 2.30 bits per heavy atom. The van der Waals surface area contributed by atoms with E-state index in [4.69, 9.17) is 11.6 Å². The topological polar surface area (TPSA) is 54.4 Å². The molecule has 0 saturated heterocycles. The van der Waals surface area contributed by atoms with Crippen LogP contribution >= 0.6 is 11.6 Å². The van der Waals surface area contributed by atoms with E-state index in [0.29, 0.717) is 11.4 Å². The lowest BCUT2D eigenvalue weighted by Gasteiger charge is -2.31. The number of carboxylic acids is 1. The normalized spacial score (nSPS) is 13.3. The van der Waals surface area contributed by atoms with E-state index in [1.807, 2.05) is 79.7 Å². The molecule has 0 aromatic heterocycles.